The second kappa shape index (κ2) is 7.95. The molecular weight excluding hydrogens is 300 g/mol. The average molecular weight is 320 g/mol. The van der Waals surface area contributed by atoms with Crippen molar-refractivity contribution in [3.05, 3.63) is 36.2 Å². The van der Waals surface area contributed by atoms with Crippen LogP contribution in [0.25, 0.3) is 5.69 Å². The van der Waals surface area contributed by atoms with Crippen molar-refractivity contribution >= 4 is 17.7 Å². The quantitative estimate of drug-likeness (QED) is 0.754. The summed E-state index contributed by atoms with van der Waals surface area (Å²) in [7, 11) is 0. The molecule has 0 saturated carbocycles. The molecule has 22 heavy (non-hydrogen) atoms. The predicted molar refractivity (Wildman–Crippen MR) is 86.2 cm³/mol. The third-order valence-corrected chi connectivity index (χ3v) is 4.02. The Kier molecular flexibility index (Phi) is 5.97. The van der Waals surface area contributed by atoms with Gasteiger partial charge in [0.15, 0.2) is 5.16 Å². The molecule has 0 radical (unpaired) electrons. The smallest absolute Gasteiger partial charge is 0.230 e. The number of aliphatic hydroxyl groups excluding tert-OH is 1. The van der Waals surface area contributed by atoms with Gasteiger partial charge >= 0.3 is 0 Å². The lowest BCUT2D eigenvalue weighted by Crippen LogP contribution is -2.31. The first-order valence-corrected chi connectivity index (χ1v) is 8.16. The Morgan fingerprint density at radius 2 is 2.23 bits per heavy atom. The van der Waals surface area contributed by atoms with Crippen molar-refractivity contribution in [3.8, 4) is 5.69 Å². The zero-order valence-corrected chi connectivity index (χ0v) is 13.5. The van der Waals surface area contributed by atoms with Crippen LogP contribution in [0.3, 0.4) is 0 Å². The highest BCUT2D eigenvalue weighted by molar-refractivity contribution is 7.99. The van der Waals surface area contributed by atoms with Gasteiger partial charge in [-0.1, -0.05) is 36.9 Å². The number of aryl methyl sites for hydroxylation is 1. The zero-order valence-electron chi connectivity index (χ0n) is 12.7. The highest BCUT2D eigenvalue weighted by Gasteiger charge is 2.12. The molecule has 2 aromatic rings. The number of carbonyl (C=O) groups excluding carboxylic acids is 1. The molecule has 0 aliphatic rings. The van der Waals surface area contributed by atoms with Crippen molar-refractivity contribution < 1.29 is 9.90 Å². The zero-order chi connectivity index (χ0) is 15.9. The summed E-state index contributed by atoms with van der Waals surface area (Å²) in [6.45, 7) is 3.98. The number of hydrogen-bond acceptors (Lipinski definition) is 5. The molecule has 0 aliphatic heterocycles. The highest BCUT2D eigenvalue weighted by Crippen LogP contribution is 2.22. The molecule has 7 heteroatoms. The number of nitrogens with one attached hydrogen (secondary N) is 1. The minimum Gasteiger partial charge on any atom is -0.392 e. The number of rotatable bonds is 7. The molecule has 1 heterocycles. The first-order valence-electron chi connectivity index (χ1n) is 7.17. The first-order chi connectivity index (χ1) is 10.6. The number of aromatic nitrogens is 3. The molecule has 2 rings (SSSR count). The maximum atomic E-state index is 11.7. The first kappa shape index (κ1) is 16.5. The van der Waals surface area contributed by atoms with Gasteiger partial charge in [0.2, 0.25) is 5.91 Å². The Bertz CT molecular complexity index is 628. The summed E-state index contributed by atoms with van der Waals surface area (Å²) in [4.78, 5) is 11.7. The molecule has 0 saturated heterocycles. The van der Waals surface area contributed by atoms with Crippen LogP contribution in [-0.2, 0) is 11.2 Å². The second-order valence-corrected chi connectivity index (χ2v) is 5.85. The van der Waals surface area contributed by atoms with E-state index in [2.05, 4.69) is 28.5 Å². The maximum Gasteiger partial charge on any atom is 0.230 e. The largest absolute Gasteiger partial charge is 0.392 e. The standard InChI is InChI=1S/C15H20N4O2S/c1-3-12-6-4-5-7-13(12)19-10-17-18-15(19)22-9-14(21)16-8-11(2)20/h4-7,10-11,20H,3,8-9H2,1-2H3,(H,16,21). The molecule has 0 fully saturated rings. The summed E-state index contributed by atoms with van der Waals surface area (Å²) in [5.41, 5.74) is 2.23. The van der Waals surface area contributed by atoms with Gasteiger partial charge in [0.25, 0.3) is 0 Å². The number of para-hydroxylation sites is 1. The fourth-order valence-electron chi connectivity index (χ4n) is 1.98. The van der Waals surface area contributed by atoms with Crippen LogP contribution in [0.15, 0.2) is 35.7 Å². The topological polar surface area (TPSA) is 80.0 Å². The summed E-state index contributed by atoms with van der Waals surface area (Å²) in [6.07, 6.45) is 2.02. The SMILES string of the molecule is CCc1ccccc1-n1cnnc1SCC(=O)NCC(C)O. The van der Waals surface area contributed by atoms with Gasteiger partial charge in [-0.3, -0.25) is 9.36 Å². The lowest BCUT2D eigenvalue weighted by atomic mass is 10.1. The molecule has 1 amide bonds. The Balaban J connectivity index is 2.05. The summed E-state index contributed by atoms with van der Waals surface area (Å²) in [5, 5.41) is 20.5. The van der Waals surface area contributed by atoms with Crippen molar-refractivity contribution in [2.45, 2.75) is 31.5 Å². The van der Waals surface area contributed by atoms with Crippen LogP contribution < -0.4 is 5.32 Å². The summed E-state index contributed by atoms with van der Waals surface area (Å²) in [6, 6.07) is 8.06. The van der Waals surface area contributed by atoms with E-state index < -0.39 is 6.10 Å². The van der Waals surface area contributed by atoms with Crippen molar-refractivity contribution in [2.75, 3.05) is 12.3 Å². The average Bonchev–Trinajstić information content (AvgIpc) is 2.99. The predicted octanol–water partition coefficient (Wildman–Crippen LogP) is 1.42. The van der Waals surface area contributed by atoms with Crippen LogP contribution in [0.2, 0.25) is 0 Å². The van der Waals surface area contributed by atoms with Gasteiger partial charge in [-0.2, -0.15) is 0 Å². The van der Waals surface area contributed by atoms with Crippen LogP contribution in [0.5, 0.6) is 0 Å². The van der Waals surface area contributed by atoms with E-state index in [1.165, 1.54) is 17.3 Å². The normalized spacial score (nSPS) is 12.1. The van der Waals surface area contributed by atoms with Crippen molar-refractivity contribution in [1.82, 2.24) is 20.1 Å². The number of amides is 1. The molecule has 118 valence electrons. The van der Waals surface area contributed by atoms with E-state index in [-0.39, 0.29) is 18.2 Å². The van der Waals surface area contributed by atoms with Gasteiger partial charge in [0.1, 0.15) is 6.33 Å². The van der Waals surface area contributed by atoms with Crippen molar-refractivity contribution in [2.24, 2.45) is 0 Å². The number of nitrogens with zero attached hydrogens (tertiary/aromatic N) is 3. The van der Waals surface area contributed by atoms with E-state index in [0.29, 0.717) is 5.16 Å². The summed E-state index contributed by atoms with van der Waals surface area (Å²) >= 11 is 1.32. The Morgan fingerprint density at radius 3 is 2.95 bits per heavy atom. The molecular formula is C15H20N4O2S. The van der Waals surface area contributed by atoms with Crippen LogP contribution in [-0.4, -0.2) is 44.2 Å². The molecule has 1 aromatic carbocycles. The lowest BCUT2D eigenvalue weighted by molar-refractivity contribution is -0.118. The second-order valence-electron chi connectivity index (χ2n) is 4.91. The van der Waals surface area contributed by atoms with Crippen molar-refractivity contribution in [1.29, 1.82) is 0 Å². The minimum atomic E-state index is -0.547. The third kappa shape index (κ3) is 4.32. The Hall–Kier alpha value is -1.86. The molecule has 6 nitrogen and oxygen atoms in total. The van der Waals surface area contributed by atoms with Gasteiger partial charge in [-0.15, -0.1) is 10.2 Å². The molecule has 2 N–H and O–H groups in total. The van der Waals surface area contributed by atoms with Crippen LogP contribution in [0, 0.1) is 0 Å². The van der Waals surface area contributed by atoms with Gasteiger partial charge in [0.05, 0.1) is 17.5 Å². The van der Waals surface area contributed by atoms with E-state index in [4.69, 9.17) is 5.11 Å². The number of thioether (sulfide) groups is 1. The van der Waals surface area contributed by atoms with E-state index in [0.717, 1.165) is 12.1 Å². The Labute approximate surface area is 133 Å². The molecule has 1 atom stereocenters. The van der Waals surface area contributed by atoms with Crippen molar-refractivity contribution in [3.63, 3.8) is 0 Å². The van der Waals surface area contributed by atoms with Gasteiger partial charge in [-0.05, 0) is 25.0 Å². The summed E-state index contributed by atoms with van der Waals surface area (Å²) in [5.74, 6) is 0.101. The summed E-state index contributed by atoms with van der Waals surface area (Å²) < 4.78 is 1.89. The minimum absolute atomic E-state index is 0.135. The number of benzene rings is 1. The monoisotopic (exact) mass is 320 g/mol. The van der Waals surface area contributed by atoms with Crippen LogP contribution in [0.4, 0.5) is 0 Å². The Morgan fingerprint density at radius 1 is 1.45 bits per heavy atom. The van der Waals surface area contributed by atoms with E-state index >= 15 is 0 Å². The van der Waals surface area contributed by atoms with E-state index in [9.17, 15) is 4.79 Å². The fourth-order valence-corrected chi connectivity index (χ4v) is 2.73. The number of hydrogen-bond donors (Lipinski definition) is 2. The molecule has 0 spiro atoms. The van der Waals surface area contributed by atoms with E-state index in [1.807, 2.05) is 22.8 Å². The van der Waals surface area contributed by atoms with Crippen LogP contribution >= 0.6 is 11.8 Å². The van der Waals surface area contributed by atoms with E-state index in [1.54, 1.807) is 13.3 Å². The third-order valence-electron chi connectivity index (χ3n) is 3.08. The maximum absolute atomic E-state index is 11.7. The lowest BCUT2D eigenvalue weighted by Gasteiger charge is -2.11. The molecule has 1 unspecified atom stereocenters. The molecule has 0 bridgehead atoms. The van der Waals surface area contributed by atoms with Gasteiger partial charge in [-0.25, -0.2) is 0 Å². The molecule has 0 aliphatic carbocycles. The number of aliphatic hydroxyl groups is 1. The van der Waals surface area contributed by atoms with Gasteiger partial charge in [0, 0.05) is 6.54 Å². The molecule has 1 aromatic heterocycles. The van der Waals surface area contributed by atoms with Gasteiger partial charge < -0.3 is 10.4 Å². The fraction of sp³-hybridized carbons (Fsp3) is 0.400. The van der Waals surface area contributed by atoms with Crippen LogP contribution in [0.1, 0.15) is 19.4 Å². The number of carbonyl (C=O) groups is 1. The highest BCUT2D eigenvalue weighted by atomic mass is 32.2.